The second-order valence-electron chi connectivity index (χ2n) is 4.28. The number of rotatable bonds is 5. The summed E-state index contributed by atoms with van der Waals surface area (Å²) in [4.78, 5) is 11.6. The van der Waals surface area contributed by atoms with Gasteiger partial charge in [0.05, 0.1) is 0 Å². The van der Waals surface area contributed by atoms with Crippen molar-refractivity contribution in [3.63, 3.8) is 0 Å². The number of halogens is 3. The Morgan fingerprint density at radius 2 is 2.21 bits per heavy atom. The average Bonchev–Trinajstić information content (AvgIpc) is 3.06. The third-order valence-corrected chi connectivity index (χ3v) is 3.46. The number of hydrogen-bond donors (Lipinski definition) is 1. The second kappa shape index (κ2) is 5.41. The quantitative estimate of drug-likeness (QED) is 0.905. The Morgan fingerprint density at radius 3 is 2.79 bits per heavy atom. The molecular weight excluding hydrogens is 283 g/mol. The molecule has 0 aromatic carbocycles. The van der Waals surface area contributed by atoms with Crippen molar-refractivity contribution in [2.75, 3.05) is 11.9 Å². The number of carbonyl (C=O) groups is 1. The van der Waals surface area contributed by atoms with Crippen molar-refractivity contribution >= 4 is 22.4 Å². The first-order chi connectivity index (χ1) is 8.85. The van der Waals surface area contributed by atoms with Crippen molar-refractivity contribution in [3.05, 3.63) is 5.01 Å². The number of alkyl halides is 3. The van der Waals surface area contributed by atoms with Crippen molar-refractivity contribution in [1.29, 1.82) is 0 Å². The van der Waals surface area contributed by atoms with Gasteiger partial charge in [-0.1, -0.05) is 11.3 Å². The third-order valence-electron chi connectivity index (χ3n) is 2.46. The topological polar surface area (TPSA) is 64.1 Å². The van der Waals surface area contributed by atoms with Crippen LogP contribution >= 0.6 is 11.3 Å². The number of nitrogens with one attached hydrogen (secondary N) is 1. The molecule has 1 aromatic heterocycles. The minimum absolute atomic E-state index is 0.286. The molecule has 106 valence electrons. The average molecular weight is 295 g/mol. The zero-order valence-electron chi connectivity index (χ0n) is 10.0. The van der Waals surface area contributed by atoms with Crippen molar-refractivity contribution in [2.45, 2.75) is 38.0 Å². The molecule has 0 unspecified atom stereocenters. The summed E-state index contributed by atoms with van der Waals surface area (Å²) in [5.41, 5.74) is 0. The lowest BCUT2D eigenvalue weighted by molar-refractivity contribution is -0.184. The molecule has 0 saturated heterocycles. The molecule has 0 spiro atoms. The molecule has 1 saturated carbocycles. The fourth-order valence-corrected chi connectivity index (χ4v) is 2.20. The fourth-order valence-electron chi connectivity index (χ4n) is 1.28. The molecule has 19 heavy (non-hydrogen) atoms. The van der Waals surface area contributed by atoms with Crippen LogP contribution in [0.25, 0.3) is 0 Å². The maximum absolute atomic E-state index is 11.9. The van der Waals surface area contributed by atoms with E-state index < -0.39 is 24.8 Å². The molecule has 1 aromatic rings. The SMILES string of the molecule is C[C@@H](OCC(F)(F)F)C(=O)Nc1nnc(C2CC2)s1. The van der Waals surface area contributed by atoms with Gasteiger partial charge in [-0.2, -0.15) is 13.2 Å². The monoisotopic (exact) mass is 295 g/mol. The van der Waals surface area contributed by atoms with Crippen LogP contribution in [0.3, 0.4) is 0 Å². The van der Waals surface area contributed by atoms with Gasteiger partial charge in [-0.3, -0.25) is 10.1 Å². The lowest BCUT2D eigenvalue weighted by Gasteiger charge is -2.13. The van der Waals surface area contributed by atoms with Crippen LogP contribution in [0.2, 0.25) is 0 Å². The number of aromatic nitrogens is 2. The molecule has 9 heteroatoms. The minimum Gasteiger partial charge on any atom is -0.359 e. The fraction of sp³-hybridized carbons (Fsp3) is 0.700. The highest BCUT2D eigenvalue weighted by Gasteiger charge is 2.31. The molecule has 1 atom stereocenters. The molecular formula is C10H12F3N3O2S. The Hall–Kier alpha value is -1.22. The van der Waals surface area contributed by atoms with Crippen LogP contribution in [0.15, 0.2) is 0 Å². The first-order valence-corrected chi connectivity index (χ1v) is 6.49. The van der Waals surface area contributed by atoms with Gasteiger partial charge in [0.1, 0.15) is 17.7 Å². The van der Waals surface area contributed by atoms with Crippen molar-refractivity contribution < 1.29 is 22.7 Å². The minimum atomic E-state index is -4.45. The van der Waals surface area contributed by atoms with Gasteiger partial charge in [-0.15, -0.1) is 10.2 Å². The molecule has 1 amide bonds. The molecule has 0 aliphatic heterocycles. The molecule has 1 fully saturated rings. The van der Waals surface area contributed by atoms with E-state index in [4.69, 9.17) is 0 Å². The Bertz CT molecular complexity index is 459. The lowest BCUT2D eigenvalue weighted by Crippen LogP contribution is -2.31. The third kappa shape index (κ3) is 4.43. The van der Waals surface area contributed by atoms with Gasteiger partial charge in [0, 0.05) is 5.92 Å². The molecule has 1 aliphatic rings. The second-order valence-corrected chi connectivity index (χ2v) is 5.29. The Kier molecular flexibility index (Phi) is 4.04. The van der Waals surface area contributed by atoms with E-state index >= 15 is 0 Å². The van der Waals surface area contributed by atoms with E-state index in [0.717, 1.165) is 17.8 Å². The number of carbonyl (C=O) groups excluding carboxylic acids is 1. The van der Waals surface area contributed by atoms with Gasteiger partial charge in [0.25, 0.3) is 5.91 Å². The van der Waals surface area contributed by atoms with E-state index in [1.165, 1.54) is 18.3 Å². The highest BCUT2D eigenvalue weighted by atomic mass is 32.1. The van der Waals surface area contributed by atoms with Crippen LogP contribution in [0.1, 0.15) is 30.7 Å². The number of anilines is 1. The predicted octanol–water partition coefficient (Wildman–Crippen LogP) is 2.32. The van der Waals surface area contributed by atoms with Gasteiger partial charge in [-0.05, 0) is 19.8 Å². The molecule has 1 N–H and O–H groups in total. The lowest BCUT2D eigenvalue weighted by atomic mass is 10.4. The van der Waals surface area contributed by atoms with Gasteiger partial charge >= 0.3 is 6.18 Å². The van der Waals surface area contributed by atoms with E-state index in [1.807, 2.05) is 0 Å². The van der Waals surface area contributed by atoms with Crippen LogP contribution in [0.4, 0.5) is 18.3 Å². The van der Waals surface area contributed by atoms with Crippen LogP contribution in [0, 0.1) is 0 Å². The van der Waals surface area contributed by atoms with Gasteiger partial charge in [0.15, 0.2) is 0 Å². The smallest absolute Gasteiger partial charge is 0.359 e. The zero-order chi connectivity index (χ0) is 14.0. The van der Waals surface area contributed by atoms with Crippen molar-refractivity contribution in [3.8, 4) is 0 Å². The Morgan fingerprint density at radius 1 is 1.53 bits per heavy atom. The summed E-state index contributed by atoms with van der Waals surface area (Å²) in [6.07, 6.45) is -3.52. The van der Waals surface area contributed by atoms with Crippen LogP contribution < -0.4 is 5.32 Å². The first-order valence-electron chi connectivity index (χ1n) is 5.68. The number of amides is 1. The Balaban J connectivity index is 1.81. The molecule has 0 radical (unpaired) electrons. The zero-order valence-corrected chi connectivity index (χ0v) is 10.8. The summed E-state index contributed by atoms with van der Waals surface area (Å²) in [6.45, 7) is -0.199. The van der Waals surface area contributed by atoms with E-state index in [1.54, 1.807) is 0 Å². The number of nitrogens with zero attached hydrogens (tertiary/aromatic N) is 2. The maximum Gasteiger partial charge on any atom is 0.411 e. The van der Waals surface area contributed by atoms with E-state index in [-0.39, 0.29) is 5.13 Å². The van der Waals surface area contributed by atoms with Gasteiger partial charge in [-0.25, -0.2) is 0 Å². The molecule has 5 nitrogen and oxygen atoms in total. The van der Waals surface area contributed by atoms with Crippen LogP contribution in [-0.4, -0.2) is 35.0 Å². The summed E-state index contributed by atoms with van der Waals surface area (Å²) in [7, 11) is 0. The van der Waals surface area contributed by atoms with Crippen molar-refractivity contribution in [1.82, 2.24) is 10.2 Å². The highest BCUT2D eigenvalue weighted by molar-refractivity contribution is 7.15. The van der Waals surface area contributed by atoms with Gasteiger partial charge in [0.2, 0.25) is 5.13 Å². The predicted molar refractivity (Wildman–Crippen MR) is 62.0 cm³/mol. The van der Waals surface area contributed by atoms with Crippen LogP contribution in [-0.2, 0) is 9.53 Å². The van der Waals surface area contributed by atoms with Gasteiger partial charge < -0.3 is 4.74 Å². The first kappa shape index (κ1) is 14.2. The summed E-state index contributed by atoms with van der Waals surface area (Å²) in [5, 5.41) is 11.2. The standard InChI is InChI=1S/C10H12F3N3O2S/c1-5(18-4-10(11,12)13)7(17)14-9-16-15-8(19-9)6-2-3-6/h5-6H,2-4H2,1H3,(H,14,16,17)/t5-/m1/s1. The largest absolute Gasteiger partial charge is 0.411 e. The highest BCUT2D eigenvalue weighted by Crippen LogP contribution is 2.42. The molecule has 0 bridgehead atoms. The summed E-state index contributed by atoms with van der Waals surface area (Å²) < 4.78 is 40.2. The van der Waals surface area contributed by atoms with Crippen molar-refractivity contribution in [2.24, 2.45) is 0 Å². The number of hydrogen-bond acceptors (Lipinski definition) is 5. The maximum atomic E-state index is 11.9. The number of ether oxygens (including phenoxy) is 1. The van der Waals surface area contributed by atoms with E-state index in [9.17, 15) is 18.0 Å². The van der Waals surface area contributed by atoms with E-state index in [2.05, 4.69) is 20.3 Å². The molecule has 2 rings (SSSR count). The van der Waals surface area contributed by atoms with E-state index in [0.29, 0.717) is 5.92 Å². The normalized spacial score (nSPS) is 17.3. The summed E-state index contributed by atoms with van der Waals surface area (Å²) >= 11 is 1.24. The summed E-state index contributed by atoms with van der Waals surface area (Å²) in [5.74, 6) is -0.246. The Labute approximate surface area is 111 Å². The summed E-state index contributed by atoms with van der Waals surface area (Å²) in [6, 6.07) is 0. The van der Waals surface area contributed by atoms with Crippen LogP contribution in [0.5, 0.6) is 0 Å². The molecule has 1 heterocycles. The molecule has 1 aliphatic carbocycles.